The summed E-state index contributed by atoms with van der Waals surface area (Å²) in [5.41, 5.74) is 5.58. The van der Waals surface area contributed by atoms with Crippen LogP contribution in [0.25, 0.3) is 0 Å². The monoisotopic (exact) mass is 218 g/mol. The van der Waals surface area contributed by atoms with E-state index in [0.29, 0.717) is 0 Å². The molecule has 0 aliphatic carbocycles. The van der Waals surface area contributed by atoms with Gasteiger partial charge < -0.3 is 0 Å². The third-order valence-electron chi connectivity index (χ3n) is 2.95. The van der Waals surface area contributed by atoms with E-state index in [1.54, 1.807) is 0 Å². The Balaban J connectivity index is 4.80. The predicted molar refractivity (Wildman–Crippen MR) is 75.6 cm³/mol. The zero-order valence-corrected chi connectivity index (χ0v) is 11.6. The van der Waals surface area contributed by atoms with Crippen LogP contribution in [0.2, 0.25) is 0 Å². The van der Waals surface area contributed by atoms with Crippen molar-refractivity contribution in [1.29, 1.82) is 0 Å². The molecule has 0 aliphatic rings. The molecule has 0 unspecified atom stereocenters. The lowest BCUT2D eigenvalue weighted by Gasteiger charge is -2.12. The summed E-state index contributed by atoms with van der Waals surface area (Å²) in [6.07, 6.45) is 9.84. The van der Waals surface area contributed by atoms with Crippen molar-refractivity contribution in [1.82, 2.24) is 0 Å². The maximum absolute atomic E-state index is 3.87. The topological polar surface area (TPSA) is 0 Å². The van der Waals surface area contributed by atoms with E-state index in [1.165, 1.54) is 22.3 Å². The van der Waals surface area contributed by atoms with Gasteiger partial charge in [-0.1, -0.05) is 37.3 Å². The minimum atomic E-state index is 1.12. The number of hydrogen-bond acceptors (Lipinski definition) is 0. The van der Waals surface area contributed by atoms with Gasteiger partial charge in [0.05, 0.1) is 0 Å². The van der Waals surface area contributed by atoms with Crippen molar-refractivity contribution >= 4 is 0 Å². The molecule has 0 spiro atoms. The van der Waals surface area contributed by atoms with Gasteiger partial charge in [-0.15, -0.1) is 0 Å². The van der Waals surface area contributed by atoms with E-state index < -0.39 is 0 Å². The molecule has 16 heavy (non-hydrogen) atoms. The highest BCUT2D eigenvalue weighted by molar-refractivity contribution is 5.39. The molecule has 0 fully saturated rings. The average Bonchev–Trinajstić information content (AvgIpc) is 2.27. The molecule has 0 aromatic carbocycles. The Morgan fingerprint density at radius 2 is 1.69 bits per heavy atom. The summed E-state index contributed by atoms with van der Waals surface area (Å²) in [6.45, 7) is 14.7. The molecule has 0 bridgehead atoms. The summed E-state index contributed by atoms with van der Waals surface area (Å²) in [6, 6.07) is 0. The van der Waals surface area contributed by atoms with E-state index in [1.807, 2.05) is 6.08 Å². The van der Waals surface area contributed by atoms with E-state index in [-0.39, 0.29) is 0 Å². The molecule has 0 saturated heterocycles. The number of allylic oxidation sites excluding steroid dienone is 7. The lowest BCUT2D eigenvalue weighted by molar-refractivity contribution is 0.955. The summed E-state index contributed by atoms with van der Waals surface area (Å²) in [5.74, 6) is 0. The highest BCUT2D eigenvalue weighted by atomic mass is 14.1. The smallest absolute Gasteiger partial charge is 0.0239 e. The molecule has 0 atom stereocenters. The van der Waals surface area contributed by atoms with Crippen molar-refractivity contribution in [2.75, 3.05) is 0 Å². The van der Waals surface area contributed by atoms with E-state index in [9.17, 15) is 0 Å². The van der Waals surface area contributed by atoms with Gasteiger partial charge in [0.1, 0.15) is 0 Å². The Bertz CT molecular complexity index is 307. The van der Waals surface area contributed by atoms with Gasteiger partial charge >= 0.3 is 0 Å². The molecule has 0 aromatic rings. The first-order chi connectivity index (χ1) is 7.54. The van der Waals surface area contributed by atoms with E-state index >= 15 is 0 Å². The normalized spacial score (nSPS) is 12.6. The third kappa shape index (κ3) is 5.16. The van der Waals surface area contributed by atoms with Crippen LogP contribution in [-0.4, -0.2) is 0 Å². The minimum Gasteiger partial charge on any atom is -0.0988 e. The van der Waals surface area contributed by atoms with E-state index in [2.05, 4.69) is 53.3 Å². The molecule has 0 N–H and O–H groups in total. The van der Waals surface area contributed by atoms with Gasteiger partial charge in [0.2, 0.25) is 0 Å². The second-order valence-electron chi connectivity index (χ2n) is 4.41. The lowest BCUT2D eigenvalue weighted by atomic mass is 9.94. The first-order valence-electron chi connectivity index (χ1n) is 6.16. The molecule has 0 amide bonds. The van der Waals surface area contributed by atoms with Crippen molar-refractivity contribution in [3.8, 4) is 0 Å². The number of rotatable bonds is 6. The fraction of sp³-hybridized carbons (Fsp3) is 0.500. The van der Waals surface area contributed by atoms with Crippen LogP contribution in [0.1, 0.15) is 53.9 Å². The van der Waals surface area contributed by atoms with Crippen LogP contribution in [0.15, 0.2) is 47.1 Å². The standard InChI is InChI=1S/C16H26/c1-7-9-10-11-12-16(14(5)8-2)15(6)13(3)4/h8-10H,2,7,11-12H2,1,3-6H3/b10-9-,16-14+. The van der Waals surface area contributed by atoms with Gasteiger partial charge in [-0.25, -0.2) is 0 Å². The maximum atomic E-state index is 3.87. The predicted octanol–water partition coefficient (Wildman–Crippen LogP) is 5.59. The molecular formula is C16H26. The van der Waals surface area contributed by atoms with Crippen LogP contribution in [-0.2, 0) is 0 Å². The van der Waals surface area contributed by atoms with Crippen LogP contribution in [0.3, 0.4) is 0 Å². The van der Waals surface area contributed by atoms with Gasteiger partial charge in [-0.2, -0.15) is 0 Å². The summed E-state index contributed by atoms with van der Waals surface area (Å²) in [5, 5.41) is 0. The highest BCUT2D eigenvalue weighted by Crippen LogP contribution is 2.23. The quantitative estimate of drug-likeness (QED) is 0.402. The van der Waals surface area contributed by atoms with Crippen molar-refractivity contribution < 1.29 is 0 Å². The zero-order valence-electron chi connectivity index (χ0n) is 11.6. The minimum absolute atomic E-state index is 1.12. The van der Waals surface area contributed by atoms with Crippen molar-refractivity contribution in [3.63, 3.8) is 0 Å². The van der Waals surface area contributed by atoms with Crippen LogP contribution < -0.4 is 0 Å². The summed E-state index contributed by atoms with van der Waals surface area (Å²) in [4.78, 5) is 0. The highest BCUT2D eigenvalue weighted by Gasteiger charge is 2.03. The van der Waals surface area contributed by atoms with Crippen LogP contribution >= 0.6 is 0 Å². The Morgan fingerprint density at radius 1 is 1.06 bits per heavy atom. The van der Waals surface area contributed by atoms with Gasteiger partial charge in [0, 0.05) is 0 Å². The molecule has 0 aliphatic heterocycles. The van der Waals surface area contributed by atoms with E-state index in [0.717, 1.165) is 19.3 Å². The second-order valence-corrected chi connectivity index (χ2v) is 4.41. The molecule has 0 aromatic heterocycles. The molecule has 0 saturated carbocycles. The third-order valence-corrected chi connectivity index (χ3v) is 2.95. The number of hydrogen-bond donors (Lipinski definition) is 0. The first-order valence-corrected chi connectivity index (χ1v) is 6.16. The van der Waals surface area contributed by atoms with Crippen molar-refractivity contribution in [2.45, 2.75) is 53.9 Å². The summed E-state index contributed by atoms with van der Waals surface area (Å²) >= 11 is 0. The lowest BCUT2D eigenvalue weighted by Crippen LogP contribution is -1.92. The second kappa shape index (κ2) is 8.15. The fourth-order valence-electron chi connectivity index (χ4n) is 1.62. The summed E-state index contributed by atoms with van der Waals surface area (Å²) in [7, 11) is 0. The Morgan fingerprint density at radius 3 is 2.12 bits per heavy atom. The molecular weight excluding hydrogens is 192 g/mol. The van der Waals surface area contributed by atoms with E-state index in [4.69, 9.17) is 0 Å². The molecule has 0 nitrogen and oxygen atoms in total. The molecule has 0 radical (unpaired) electrons. The van der Waals surface area contributed by atoms with Crippen molar-refractivity contribution in [2.24, 2.45) is 0 Å². The Hall–Kier alpha value is -1.04. The maximum Gasteiger partial charge on any atom is -0.0239 e. The molecule has 0 rings (SSSR count). The summed E-state index contributed by atoms with van der Waals surface area (Å²) < 4.78 is 0. The Labute approximate surface area is 101 Å². The van der Waals surface area contributed by atoms with Crippen LogP contribution in [0, 0.1) is 0 Å². The molecule has 0 heteroatoms. The van der Waals surface area contributed by atoms with Gasteiger partial charge in [0.15, 0.2) is 0 Å². The van der Waals surface area contributed by atoms with Gasteiger partial charge in [0.25, 0.3) is 0 Å². The fourth-order valence-corrected chi connectivity index (χ4v) is 1.62. The van der Waals surface area contributed by atoms with Crippen LogP contribution in [0.4, 0.5) is 0 Å². The van der Waals surface area contributed by atoms with Crippen LogP contribution in [0.5, 0.6) is 0 Å². The first kappa shape index (κ1) is 15.0. The molecule has 90 valence electrons. The van der Waals surface area contributed by atoms with Gasteiger partial charge in [-0.3, -0.25) is 0 Å². The zero-order chi connectivity index (χ0) is 12.6. The average molecular weight is 218 g/mol. The van der Waals surface area contributed by atoms with Crippen molar-refractivity contribution in [3.05, 3.63) is 47.1 Å². The van der Waals surface area contributed by atoms with Gasteiger partial charge in [-0.05, 0) is 63.7 Å². The SMILES string of the molecule is C=C/C(C)=C(\CC/C=C\CC)C(C)=C(C)C. The molecule has 0 heterocycles. The largest absolute Gasteiger partial charge is 0.0988 e. The Kier molecular flexibility index (Phi) is 7.62.